The normalized spacial score (nSPS) is 16.0. The smallest absolute Gasteiger partial charge is 0.266 e. The van der Waals surface area contributed by atoms with Gasteiger partial charge in [-0.2, -0.15) is 0 Å². The van der Waals surface area contributed by atoms with Crippen LogP contribution in [0.25, 0.3) is 21.1 Å². The Bertz CT molecular complexity index is 984. The van der Waals surface area contributed by atoms with Crippen molar-refractivity contribution in [1.29, 1.82) is 0 Å². The number of thiophene rings is 1. The summed E-state index contributed by atoms with van der Waals surface area (Å²) in [4.78, 5) is 21.2. The number of likely N-dealkylation sites (tertiary alicyclic amines) is 1. The molecule has 1 aliphatic rings. The monoisotopic (exact) mass is 353 g/mol. The van der Waals surface area contributed by atoms with Gasteiger partial charge >= 0.3 is 0 Å². The van der Waals surface area contributed by atoms with Gasteiger partial charge in [0, 0.05) is 23.9 Å². The minimum Gasteiger partial charge on any atom is -0.397 e. The van der Waals surface area contributed by atoms with Gasteiger partial charge in [-0.1, -0.05) is 18.6 Å². The first kappa shape index (κ1) is 16.3. The molecule has 0 spiro atoms. The lowest BCUT2D eigenvalue weighted by Crippen LogP contribution is -2.37. The summed E-state index contributed by atoms with van der Waals surface area (Å²) < 4.78 is 0. The quantitative estimate of drug-likeness (QED) is 0.700. The Balaban J connectivity index is 1.80. The maximum atomic E-state index is 12.9. The van der Waals surface area contributed by atoms with E-state index in [0.29, 0.717) is 16.5 Å². The molecule has 0 bridgehead atoms. The van der Waals surface area contributed by atoms with Crippen LogP contribution in [0.5, 0.6) is 0 Å². The number of amides is 1. The van der Waals surface area contributed by atoms with Crippen LogP contribution in [0.4, 0.5) is 5.69 Å². The maximum Gasteiger partial charge on any atom is 0.266 e. The van der Waals surface area contributed by atoms with Crippen LogP contribution in [0.2, 0.25) is 0 Å². The van der Waals surface area contributed by atoms with Crippen LogP contribution >= 0.6 is 11.3 Å². The van der Waals surface area contributed by atoms with Crippen LogP contribution < -0.4 is 5.73 Å². The van der Waals surface area contributed by atoms with Crippen LogP contribution in [0, 0.1) is 19.8 Å². The first-order valence-electron chi connectivity index (χ1n) is 8.83. The molecule has 1 fully saturated rings. The fourth-order valence-corrected chi connectivity index (χ4v) is 4.74. The molecule has 5 heteroatoms. The number of rotatable bonds is 1. The molecular weight excluding hydrogens is 330 g/mol. The van der Waals surface area contributed by atoms with Crippen LogP contribution in [0.1, 0.15) is 40.6 Å². The molecule has 130 valence electrons. The van der Waals surface area contributed by atoms with Crippen molar-refractivity contribution in [3.63, 3.8) is 0 Å². The number of carbonyl (C=O) groups is 1. The van der Waals surface area contributed by atoms with Crippen molar-refractivity contribution >= 4 is 44.1 Å². The zero-order valence-corrected chi connectivity index (χ0v) is 15.7. The summed E-state index contributed by atoms with van der Waals surface area (Å²) >= 11 is 1.43. The summed E-state index contributed by atoms with van der Waals surface area (Å²) in [6.45, 7) is 8.05. The molecule has 4 rings (SSSR count). The van der Waals surface area contributed by atoms with Gasteiger partial charge in [-0.05, 0) is 50.3 Å². The molecule has 0 atom stereocenters. The fraction of sp³-hybridized carbons (Fsp3) is 0.400. The second-order valence-corrected chi connectivity index (χ2v) is 8.31. The highest BCUT2D eigenvalue weighted by Gasteiger charge is 2.26. The lowest BCUT2D eigenvalue weighted by Gasteiger charge is -2.30. The lowest BCUT2D eigenvalue weighted by molar-refractivity contribution is 0.0703. The molecule has 2 aromatic heterocycles. The molecule has 3 aromatic rings. The second-order valence-electron chi connectivity index (χ2n) is 7.31. The largest absolute Gasteiger partial charge is 0.397 e. The van der Waals surface area contributed by atoms with Crippen molar-refractivity contribution in [3.05, 3.63) is 34.2 Å². The van der Waals surface area contributed by atoms with Crippen LogP contribution in [-0.4, -0.2) is 28.9 Å². The van der Waals surface area contributed by atoms with E-state index in [0.717, 1.165) is 52.6 Å². The van der Waals surface area contributed by atoms with Crippen LogP contribution in [0.15, 0.2) is 18.2 Å². The number of fused-ring (bicyclic) bond motifs is 2. The number of carbonyl (C=O) groups excluding carboxylic acids is 1. The van der Waals surface area contributed by atoms with Crippen molar-refractivity contribution in [2.45, 2.75) is 33.6 Å². The summed E-state index contributed by atoms with van der Waals surface area (Å²) in [7, 11) is 0. The van der Waals surface area contributed by atoms with Gasteiger partial charge in [0.1, 0.15) is 9.71 Å². The van der Waals surface area contributed by atoms with Gasteiger partial charge in [-0.3, -0.25) is 4.79 Å². The summed E-state index contributed by atoms with van der Waals surface area (Å²) in [5, 5.41) is 1.98. The Kier molecular flexibility index (Phi) is 3.91. The summed E-state index contributed by atoms with van der Waals surface area (Å²) in [5.74, 6) is 0.756. The minimum atomic E-state index is 0.0596. The number of aryl methyl sites for hydroxylation is 2. The molecule has 0 saturated carbocycles. The number of piperidine rings is 1. The van der Waals surface area contributed by atoms with Gasteiger partial charge < -0.3 is 10.6 Å². The molecular formula is C20H23N3OS. The Labute approximate surface area is 151 Å². The van der Waals surface area contributed by atoms with Gasteiger partial charge in [-0.25, -0.2) is 4.98 Å². The number of nitrogens with zero attached hydrogens (tertiary/aromatic N) is 2. The molecule has 1 aliphatic heterocycles. The number of pyridine rings is 1. The third-order valence-corrected chi connectivity index (χ3v) is 6.32. The Hall–Kier alpha value is -2.14. The zero-order chi connectivity index (χ0) is 17.7. The molecule has 4 nitrogen and oxygen atoms in total. The number of benzene rings is 1. The minimum absolute atomic E-state index is 0.0596. The predicted molar refractivity (Wildman–Crippen MR) is 105 cm³/mol. The Morgan fingerprint density at radius 3 is 2.68 bits per heavy atom. The third kappa shape index (κ3) is 2.76. The van der Waals surface area contributed by atoms with Gasteiger partial charge in [0.25, 0.3) is 5.91 Å². The van der Waals surface area contributed by atoms with Crippen molar-refractivity contribution in [2.75, 3.05) is 18.8 Å². The second kappa shape index (κ2) is 5.99. The summed E-state index contributed by atoms with van der Waals surface area (Å²) in [6, 6.07) is 6.34. The number of hydrogen-bond acceptors (Lipinski definition) is 4. The molecule has 1 aromatic carbocycles. The molecule has 0 radical (unpaired) electrons. The van der Waals surface area contributed by atoms with Crippen molar-refractivity contribution in [3.8, 4) is 0 Å². The fourth-order valence-electron chi connectivity index (χ4n) is 3.69. The average molecular weight is 353 g/mol. The van der Waals surface area contributed by atoms with Gasteiger partial charge in [0.15, 0.2) is 0 Å². The van der Waals surface area contributed by atoms with Crippen molar-refractivity contribution in [2.24, 2.45) is 5.92 Å². The van der Waals surface area contributed by atoms with E-state index in [-0.39, 0.29) is 5.91 Å². The zero-order valence-electron chi connectivity index (χ0n) is 14.9. The molecule has 1 amide bonds. The van der Waals surface area contributed by atoms with Crippen LogP contribution in [-0.2, 0) is 0 Å². The first-order chi connectivity index (χ1) is 11.9. The van der Waals surface area contributed by atoms with Gasteiger partial charge in [-0.15, -0.1) is 11.3 Å². The Morgan fingerprint density at radius 2 is 1.96 bits per heavy atom. The van der Waals surface area contributed by atoms with E-state index in [1.54, 1.807) is 0 Å². The predicted octanol–water partition coefficient (Wildman–Crippen LogP) is 4.52. The number of aromatic nitrogens is 1. The highest BCUT2D eigenvalue weighted by molar-refractivity contribution is 7.21. The summed E-state index contributed by atoms with van der Waals surface area (Å²) in [5.41, 5.74) is 10.3. The van der Waals surface area contributed by atoms with E-state index in [9.17, 15) is 4.79 Å². The molecule has 2 N–H and O–H groups in total. The van der Waals surface area contributed by atoms with E-state index >= 15 is 0 Å². The van der Waals surface area contributed by atoms with E-state index < -0.39 is 0 Å². The standard InChI is InChI=1S/C20H23N3OS/c1-11-4-6-23(7-5-11)20(24)18-16(21)15-10-14-9-12(2)8-13(3)17(14)22-19(15)25-18/h8-11H,4-7,21H2,1-3H3. The number of hydrogen-bond donors (Lipinski definition) is 1. The first-order valence-corrected chi connectivity index (χ1v) is 9.65. The number of anilines is 1. The molecule has 1 saturated heterocycles. The Morgan fingerprint density at radius 1 is 1.24 bits per heavy atom. The molecule has 0 aliphatic carbocycles. The number of nitrogens with two attached hydrogens (primary N) is 1. The van der Waals surface area contributed by atoms with E-state index in [4.69, 9.17) is 10.7 Å². The number of nitrogen functional groups attached to an aromatic ring is 1. The highest BCUT2D eigenvalue weighted by Crippen LogP contribution is 2.36. The third-order valence-electron chi connectivity index (χ3n) is 5.22. The van der Waals surface area contributed by atoms with E-state index in [1.165, 1.54) is 16.9 Å². The maximum absolute atomic E-state index is 12.9. The molecule has 25 heavy (non-hydrogen) atoms. The lowest BCUT2D eigenvalue weighted by atomic mass is 9.99. The van der Waals surface area contributed by atoms with Crippen molar-refractivity contribution in [1.82, 2.24) is 9.88 Å². The van der Waals surface area contributed by atoms with E-state index in [2.05, 4.69) is 39.0 Å². The van der Waals surface area contributed by atoms with Crippen molar-refractivity contribution < 1.29 is 4.79 Å². The SMILES string of the molecule is Cc1cc(C)c2nc3sc(C(=O)N4CCC(C)CC4)c(N)c3cc2c1. The molecule has 3 heterocycles. The average Bonchev–Trinajstić information content (AvgIpc) is 2.90. The topological polar surface area (TPSA) is 59.2 Å². The van der Waals surface area contributed by atoms with Gasteiger partial charge in [0.05, 0.1) is 11.2 Å². The van der Waals surface area contributed by atoms with Crippen LogP contribution in [0.3, 0.4) is 0 Å². The van der Waals surface area contributed by atoms with Gasteiger partial charge in [0.2, 0.25) is 0 Å². The van der Waals surface area contributed by atoms with E-state index in [1.807, 2.05) is 4.90 Å². The molecule has 0 unspecified atom stereocenters. The highest BCUT2D eigenvalue weighted by atomic mass is 32.1. The summed E-state index contributed by atoms with van der Waals surface area (Å²) in [6.07, 6.45) is 2.13.